The van der Waals surface area contributed by atoms with Crippen molar-refractivity contribution >= 4 is 16.9 Å². The predicted molar refractivity (Wildman–Crippen MR) is 96.6 cm³/mol. The largest absolute Gasteiger partial charge is 0.451 e. The maximum atomic E-state index is 12.9. The van der Waals surface area contributed by atoms with Crippen LogP contribution in [0.1, 0.15) is 41.8 Å². The van der Waals surface area contributed by atoms with Crippen molar-refractivity contribution in [2.75, 3.05) is 27.2 Å². The first-order chi connectivity index (χ1) is 12.1. The predicted octanol–water partition coefficient (Wildman–Crippen LogP) is 3.18. The van der Waals surface area contributed by atoms with Crippen LogP contribution < -0.4 is 5.32 Å². The fraction of sp³-hybridized carbons (Fsp3) is 0.550. The van der Waals surface area contributed by atoms with Crippen molar-refractivity contribution in [2.24, 2.45) is 5.41 Å². The number of rotatable bonds is 5. The minimum atomic E-state index is -0.111. The van der Waals surface area contributed by atoms with Gasteiger partial charge in [-0.1, -0.05) is 24.6 Å². The van der Waals surface area contributed by atoms with Crippen molar-refractivity contribution in [1.82, 2.24) is 10.2 Å². The molecule has 5 nitrogen and oxygen atoms in total. The van der Waals surface area contributed by atoms with Crippen LogP contribution in [0.2, 0.25) is 0 Å². The number of fused-ring (bicyclic) bond motifs is 2. The van der Waals surface area contributed by atoms with E-state index in [0.29, 0.717) is 25.0 Å². The molecule has 1 aliphatic carbocycles. The molecule has 25 heavy (non-hydrogen) atoms. The van der Waals surface area contributed by atoms with E-state index >= 15 is 0 Å². The molecule has 5 heteroatoms. The van der Waals surface area contributed by atoms with Crippen molar-refractivity contribution in [3.63, 3.8) is 0 Å². The summed E-state index contributed by atoms with van der Waals surface area (Å²) in [6.45, 7) is 2.17. The maximum absolute atomic E-state index is 12.9. The monoisotopic (exact) mass is 342 g/mol. The highest BCUT2D eigenvalue weighted by atomic mass is 16.5. The summed E-state index contributed by atoms with van der Waals surface area (Å²) < 4.78 is 11.8. The number of amides is 1. The molecule has 134 valence electrons. The van der Waals surface area contributed by atoms with E-state index in [0.717, 1.165) is 42.4 Å². The van der Waals surface area contributed by atoms with Gasteiger partial charge in [0.15, 0.2) is 5.76 Å². The Kier molecular flexibility index (Phi) is 4.29. The van der Waals surface area contributed by atoms with E-state index in [9.17, 15) is 4.79 Å². The Morgan fingerprint density at radius 1 is 1.32 bits per heavy atom. The van der Waals surface area contributed by atoms with E-state index in [-0.39, 0.29) is 11.3 Å². The molecule has 0 radical (unpaired) electrons. The second-order valence-corrected chi connectivity index (χ2v) is 7.69. The van der Waals surface area contributed by atoms with Gasteiger partial charge < -0.3 is 19.4 Å². The molecule has 2 aliphatic rings. The number of benzene rings is 1. The van der Waals surface area contributed by atoms with Crippen molar-refractivity contribution in [3.05, 3.63) is 35.6 Å². The summed E-state index contributed by atoms with van der Waals surface area (Å²) in [6.07, 6.45) is 4.80. The number of hydrogen-bond acceptors (Lipinski definition) is 4. The molecular weight excluding hydrogens is 316 g/mol. The summed E-state index contributed by atoms with van der Waals surface area (Å²) >= 11 is 0. The SMILES string of the molecule is CN(C)Cc1c(C(=O)NC[C@]23CCC[C@H]2OCC3)oc2ccccc12. The van der Waals surface area contributed by atoms with Crippen LogP contribution in [0.5, 0.6) is 0 Å². The van der Waals surface area contributed by atoms with E-state index < -0.39 is 0 Å². The number of carbonyl (C=O) groups is 1. The lowest BCUT2D eigenvalue weighted by atomic mass is 9.83. The minimum absolute atomic E-state index is 0.111. The lowest BCUT2D eigenvalue weighted by molar-refractivity contribution is 0.0663. The Morgan fingerprint density at radius 3 is 3.00 bits per heavy atom. The van der Waals surface area contributed by atoms with Crippen LogP contribution in [0, 0.1) is 5.41 Å². The molecule has 2 heterocycles. The molecule has 1 saturated heterocycles. The van der Waals surface area contributed by atoms with Crippen LogP contribution in [0.4, 0.5) is 0 Å². The first-order valence-corrected chi connectivity index (χ1v) is 9.14. The minimum Gasteiger partial charge on any atom is -0.451 e. The molecule has 1 aliphatic heterocycles. The summed E-state index contributed by atoms with van der Waals surface area (Å²) in [6, 6.07) is 7.86. The first kappa shape index (κ1) is 16.6. The highest BCUT2D eigenvalue weighted by Gasteiger charge is 2.47. The second-order valence-electron chi connectivity index (χ2n) is 7.69. The molecule has 0 bridgehead atoms. The van der Waals surface area contributed by atoms with Crippen molar-refractivity contribution < 1.29 is 13.9 Å². The van der Waals surface area contributed by atoms with Gasteiger partial charge in [-0.3, -0.25) is 4.79 Å². The summed E-state index contributed by atoms with van der Waals surface area (Å²) in [4.78, 5) is 15.0. The lowest BCUT2D eigenvalue weighted by Crippen LogP contribution is -2.40. The molecule has 2 aromatic rings. The average Bonchev–Trinajstić information content (AvgIpc) is 3.25. The Bertz CT molecular complexity index is 770. The average molecular weight is 342 g/mol. The van der Waals surface area contributed by atoms with E-state index in [4.69, 9.17) is 9.15 Å². The number of furan rings is 1. The van der Waals surface area contributed by atoms with Crippen LogP contribution in [0.25, 0.3) is 11.0 Å². The molecule has 2 fully saturated rings. The van der Waals surface area contributed by atoms with Gasteiger partial charge in [-0.2, -0.15) is 0 Å². The number of hydrogen-bond donors (Lipinski definition) is 1. The van der Waals surface area contributed by atoms with Crippen LogP contribution in [0.3, 0.4) is 0 Å². The molecule has 0 spiro atoms. The summed E-state index contributed by atoms with van der Waals surface area (Å²) in [5.41, 5.74) is 1.86. The third-order valence-electron chi connectivity index (χ3n) is 5.72. The summed E-state index contributed by atoms with van der Waals surface area (Å²) in [5.74, 6) is 0.333. The quantitative estimate of drug-likeness (QED) is 0.907. The molecule has 0 unspecified atom stereocenters. The molecule has 1 aromatic heterocycles. The van der Waals surface area contributed by atoms with Gasteiger partial charge in [0.25, 0.3) is 5.91 Å². The smallest absolute Gasteiger partial charge is 0.287 e. The zero-order valence-corrected chi connectivity index (χ0v) is 15.0. The first-order valence-electron chi connectivity index (χ1n) is 9.14. The number of ether oxygens (including phenoxy) is 1. The third-order valence-corrected chi connectivity index (χ3v) is 5.72. The summed E-state index contributed by atoms with van der Waals surface area (Å²) in [7, 11) is 4.00. The van der Waals surface area contributed by atoms with E-state index in [2.05, 4.69) is 10.2 Å². The number of nitrogens with zero attached hydrogens (tertiary/aromatic N) is 1. The highest BCUT2D eigenvalue weighted by molar-refractivity contribution is 5.99. The van der Waals surface area contributed by atoms with Crippen LogP contribution >= 0.6 is 0 Å². The number of carbonyl (C=O) groups excluding carboxylic acids is 1. The Labute approximate surface area is 148 Å². The van der Waals surface area contributed by atoms with Gasteiger partial charge in [-0.15, -0.1) is 0 Å². The second kappa shape index (κ2) is 6.46. The van der Waals surface area contributed by atoms with Gasteiger partial charge in [0, 0.05) is 36.1 Å². The molecule has 1 amide bonds. The standard InChI is InChI=1S/C20H26N2O3/c1-22(2)12-15-14-6-3-4-7-16(14)25-18(15)19(23)21-13-20-9-5-8-17(20)24-11-10-20/h3-4,6-7,17H,5,8-13H2,1-2H3,(H,21,23)/t17-,20-/m1/s1. The van der Waals surface area contributed by atoms with E-state index in [1.807, 2.05) is 38.4 Å². The zero-order valence-electron chi connectivity index (χ0n) is 15.0. The van der Waals surface area contributed by atoms with Crippen molar-refractivity contribution in [3.8, 4) is 0 Å². The topological polar surface area (TPSA) is 54.7 Å². The molecule has 4 rings (SSSR count). The molecule has 1 saturated carbocycles. The summed E-state index contributed by atoms with van der Waals surface area (Å²) in [5, 5.41) is 4.16. The van der Waals surface area contributed by atoms with Crippen LogP contribution in [0.15, 0.2) is 28.7 Å². The lowest BCUT2D eigenvalue weighted by Gasteiger charge is -2.27. The van der Waals surface area contributed by atoms with Crippen LogP contribution in [-0.2, 0) is 11.3 Å². The van der Waals surface area contributed by atoms with Gasteiger partial charge in [0.1, 0.15) is 5.58 Å². The Balaban J connectivity index is 1.57. The van der Waals surface area contributed by atoms with Gasteiger partial charge in [-0.05, 0) is 39.4 Å². The fourth-order valence-corrected chi connectivity index (χ4v) is 4.44. The van der Waals surface area contributed by atoms with Crippen molar-refractivity contribution in [1.29, 1.82) is 0 Å². The van der Waals surface area contributed by atoms with Crippen molar-refractivity contribution in [2.45, 2.75) is 38.3 Å². The fourth-order valence-electron chi connectivity index (χ4n) is 4.44. The zero-order chi connectivity index (χ0) is 17.4. The van der Waals surface area contributed by atoms with Crippen LogP contribution in [-0.4, -0.2) is 44.2 Å². The maximum Gasteiger partial charge on any atom is 0.287 e. The number of nitrogens with one attached hydrogen (secondary N) is 1. The molecule has 1 aromatic carbocycles. The van der Waals surface area contributed by atoms with Gasteiger partial charge in [-0.25, -0.2) is 0 Å². The van der Waals surface area contributed by atoms with Gasteiger partial charge in [0.2, 0.25) is 0 Å². The Hall–Kier alpha value is -1.85. The number of para-hydroxylation sites is 1. The molecular formula is C20H26N2O3. The third kappa shape index (κ3) is 2.96. The highest BCUT2D eigenvalue weighted by Crippen LogP contribution is 2.46. The molecule has 2 atom stereocenters. The van der Waals surface area contributed by atoms with E-state index in [1.165, 1.54) is 6.42 Å². The normalized spacial score (nSPS) is 25.6. The van der Waals surface area contributed by atoms with Gasteiger partial charge in [0.05, 0.1) is 6.10 Å². The Morgan fingerprint density at radius 2 is 2.16 bits per heavy atom. The van der Waals surface area contributed by atoms with E-state index in [1.54, 1.807) is 0 Å². The molecule has 1 N–H and O–H groups in total. The van der Waals surface area contributed by atoms with Gasteiger partial charge >= 0.3 is 0 Å².